The molecule has 1 aliphatic rings. The van der Waals surface area contributed by atoms with E-state index < -0.39 is 17.6 Å². The molecule has 0 aliphatic carbocycles. The molecule has 1 N–H and O–H groups in total. The normalized spacial score (nSPS) is 14.5. The summed E-state index contributed by atoms with van der Waals surface area (Å²) in [7, 11) is 0. The first kappa shape index (κ1) is 15.6. The Morgan fingerprint density at radius 2 is 1.74 bits per heavy atom. The largest absolute Gasteiger partial charge is 0.488 e. The number of halogens is 4. The van der Waals surface area contributed by atoms with Gasteiger partial charge in [-0.3, -0.25) is 0 Å². The van der Waals surface area contributed by atoms with Crippen molar-refractivity contribution in [2.45, 2.75) is 6.18 Å². The first-order chi connectivity index (χ1) is 10.9. The van der Waals surface area contributed by atoms with Crippen molar-refractivity contribution in [2.24, 2.45) is 0 Å². The highest BCUT2D eigenvalue weighted by Crippen LogP contribution is 2.40. The quantitative estimate of drug-likeness (QED) is 0.845. The van der Waals surface area contributed by atoms with Crippen LogP contribution >= 0.6 is 0 Å². The van der Waals surface area contributed by atoms with Crippen molar-refractivity contribution in [3.63, 3.8) is 0 Å². The summed E-state index contributed by atoms with van der Waals surface area (Å²) >= 11 is 0. The second-order valence-electron chi connectivity index (χ2n) is 5.14. The van der Waals surface area contributed by atoms with Gasteiger partial charge in [-0.2, -0.15) is 13.2 Å². The molecular weight excluding hydrogens is 312 g/mol. The maximum atomic E-state index is 13.1. The molecule has 0 atom stereocenters. The highest BCUT2D eigenvalue weighted by molar-refractivity contribution is 5.86. The van der Waals surface area contributed by atoms with Crippen molar-refractivity contribution in [2.75, 3.05) is 13.2 Å². The van der Waals surface area contributed by atoms with Crippen LogP contribution in [0.15, 0.2) is 48.0 Å². The van der Waals surface area contributed by atoms with Gasteiger partial charge in [0.1, 0.15) is 18.2 Å². The molecule has 0 saturated carbocycles. The third-order valence-corrected chi connectivity index (χ3v) is 3.66. The third kappa shape index (κ3) is 2.94. The lowest BCUT2D eigenvalue weighted by Gasteiger charge is -2.24. The average molecular weight is 324 g/mol. The Morgan fingerprint density at radius 1 is 1.04 bits per heavy atom. The molecule has 0 saturated heterocycles. The summed E-state index contributed by atoms with van der Waals surface area (Å²) in [6.45, 7) is -0.288. The van der Waals surface area contributed by atoms with Crippen LogP contribution in [0.25, 0.3) is 5.57 Å². The third-order valence-electron chi connectivity index (χ3n) is 3.66. The highest BCUT2D eigenvalue weighted by Gasteiger charge is 2.32. The van der Waals surface area contributed by atoms with E-state index in [1.807, 2.05) is 0 Å². The standard InChI is InChI=1S/C17H12F4O2/c18-13-4-1-10(2-5-13)16-11(8-22)9-23-15-6-3-12(7-14(15)16)17(19,20)21/h1-7,22H,8-9H2. The predicted octanol–water partition coefficient (Wildman–Crippen LogP) is 4.03. The van der Waals surface area contributed by atoms with E-state index in [0.29, 0.717) is 22.5 Å². The molecule has 0 spiro atoms. The van der Waals surface area contributed by atoms with E-state index in [1.165, 1.54) is 30.3 Å². The van der Waals surface area contributed by atoms with Gasteiger partial charge in [-0.05, 0) is 41.5 Å². The van der Waals surface area contributed by atoms with E-state index in [-0.39, 0.29) is 18.8 Å². The fraction of sp³-hybridized carbons (Fsp3) is 0.176. The van der Waals surface area contributed by atoms with Gasteiger partial charge in [0.05, 0.1) is 12.2 Å². The van der Waals surface area contributed by atoms with Crippen LogP contribution in [0, 0.1) is 5.82 Å². The number of fused-ring (bicyclic) bond motifs is 1. The summed E-state index contributed by atoms with van der Waals surface area (Å²) in [6, 6.07) is 8.58. The second-order valence-corrected chi connectivity index (χ2v) is 5.14. The molecule has 0 bridgehead atoms. The molecule has 120 valence electrons. The minimum atomic E-state index is -4.49. The molecule has 0 amide bonds. The molecule has 0 unspecified atom stereocenters. The topological polar surface area (TPSA) is 29.5 Å². The number of benzene rings is 2. The van der Waals surface area contributed by atoms with Gasteiger partial charge >= 0.3 is 6.18 Å². The van der Waals surface area contributed by atoms with Crippen LogP contribution in [-0.2, 0) is 6.18 Å². The van der Waals surface area contributed by atoms with Gasteiger partial charge in [-0.1, -0.05) is 12.1 Å². The van der Waals surface area contributed by atoms with E-state index >= 15 is 0 Å². The molecular formula is C17H12F4O2. The number of hydrogen-bond acceptors (Lipinski definition) is 2. The van der Waals surface area contributed by atoms with E-state index in [2.05, 4.69) is 0 Å². The Balaban J connectivity index is 2.20. The SMILES string of the molecule is OCC1=C(c2ccc(F)cc2)c2cc(C(F)(F)F)ccc2OC1. The fourth-order valence-electron chi connectivity index (χ4n) is 2.56. The molecule has 2 aromatic rings. The first-order valence-electron chi connectivity index (χ1n) is 6.83. The van der Waals surface area contributed by atoms with Crippen LogP contribution in [0.3, 0.4) is 0 Å². The fourth-order valence-corrected chi connectivity index (χ4v) is 2.56. The van der Waals surface area contributed by atoms with Gasteiger partial charge in [0.2, 0.25) is 0 Å². The molecule has 0 aromatic heterocycles. The van der Waals surface area contributed by atoms with Crippen LogP contribution in [0.4, 0.5) is 17.6 Å². The molecule has 0 radical (unpaired) electrons. The summed E-state index contributed by atoms with van der Waals surface area (Å²) < 4.78 is 57.4. The van der Waals surface area contributed by atoms with E-state index in [0.717, 1.165) is 12.1 Å². The second kappa shape index (κ2) is 5.70. The molecule has 23 heavy (non-hydrogen) atoms. The molecule has 6 heteroatoms. The zero-order chi connectivity index (χ0) is 16.6. The summed E-state index contributed by atoms with van der Waals surface area (Å²) in [5.74, 6) is -0.147. The average Bonchev–Trinajstić information content (AvgIpc) is 2.53. The van der Waals surface area contributed by atoms with Gasteiger partial charge in [0, 0.05) is 11.1 Å². The van der Waals surface area contributed by atoms with Crippen LogP contribution in [0.5, 0.6) is 5.75 Å². The summed E-state index contributed by atoms with van der Waals surface area (Å²) in [6.07, 6.45) is -4.49. The monoisotopic (exact) mass is 324 g/mol. The Labute approximate surface area is 129 Å². The van der Waals surface area contributed by atoms with Crippen molar-refractivity contribution >= 4 is 5.57 Å². The van der Waals surface area contributed by atoms with Crippen LogP contribution in [-0.4, -0.2) is 18.3 Å². The smallest absolute Gasteiger partial charge is 0.416 e. The van der Waals surface area contributed by atoms with Crippen molar-refractivity contribution in [3.8, 4) is 5.75 Å². The summed E-state index contributed by atoms with van der Waals surface area (Å²) in [5.41, 5.74) is 0.850. The summed E-state index contributed by atoms with van der Waals surface area (Å²) in [5, 5.41) is 9.50. The number of hydrogen-bond donors (Lipinski definition) is 1. The van der Waals surface area contributed by atoms with Crippen LogP contribution in [0.2, 0.25) is 0 Å². The van der Waals surface area contributed by atoms with Gasteiger partial charge in [-0.25, -0.2) is 4.39 Å². The lowest BCUT2D eigenvalue weighted by molar-refractivity contribution is -0.137. The zero-order valence-electron chi connectivity index (χ0n) is 11.8. The lowest BCUT2D eigenvalue weighted by atomic mass is 9.90. The summed E-state index contributed by atoms with van der Waals surface area (Å²) in [4.78, 5) is 0. The van der Waals surface area contributed by atoms with E-state index in [9.17, 15) is 22.7 Å². The number of aliphatic hydroxyl groups excluding tert-OH is 1. The van der Waals surface area contributed by atoms with Crippen LogP contribution in [0.1, 0.15) is 16.7 Å². The van der Waals surface area contributed by atoms with Gasteiger partial charge in [0.15, 0.2) is 0 Å². The number of aliphatic hydroxyl groups is 1. The minimum absolute atomic E-state index is 0.0710. The highest BCUT2D eigenvalue weighted by atomic mass is 19.4. The molecule has 0 fully saturated rings. The molecule has 1 heterocycles. The first-order valence-corrected chi connectivity index (χ1v) is 6.83. The minimum Gasteiger partial charge on any atom is -0.488 e. The number of rotatable bonds is 2. The molecule has 2 aromatic carbocycles. The number of ether oxygens (including phenoxy) is 1. The van der Waals surface area contributed by atoms with Crippen molar-refractivity contribution in [1.29, 1.82) is 0 Å². The van der Waals surface area contributed by atoms with Crippen molar-refractivity contribution in [1.82, 2.24) is 0 Å². The van der Waals surface area contributed by atoms with E-state index in [4.69, 9.17) is 4.74 Å². The Hall–Kier alpha value is -2.34. The van der Waals surface area contributed by atoms with Gasteiger partial charge < -0.3 is 9.84 Å². The number of alkyl halides is 3. The van der Waals surface area contributed by atoms with Gasteiger partial charge in [-0.15, -0.1) is 0 Å². The Morgan fingerprint density at radius 3 is 2.35 bits per heavy atom. The van der Waals surface area contributed by atoms with Crippen LogP contribution < -0.4 is 4.74 Å². The molecule has 3 rings (SSSR count). The van der Waals surface area contributed by atoms with Crippen molar-refractivity contribution < 1.29 is 27.4 Å². The maximum absolute atomic E-state index is 13.1. The predicted molar refractivity (Wildman–Crippen MR) is 76.4 cm³/mol. The Bertz CT molecular complexity index is 761. The molecule has 1 aliphatic heterocycles. The maximum Gasteiger partial charge on any atom is 0.416 e. The zero-order valence-corrected chi connectivity index (χ0v) is 11.8. The lowest BCUT2D eigenvalue weighted by Crippen LogP contribution is -2.16. The van der Waals surface area contributed by atoms with Crippen molar-refractivity contribution in [3.05, 3.63) is 70.5 Å². The molecule has 2 nitrogen and oxygen atoms in total. The van der Waals surface area contributed by atoms with E-state index in [1.54, 1.807) is 0 Å². The van der Waals surface area contributed by atoms with Gasteiger partial charge in [0.25, 0.3) is 0 Å². The Kier molecular flexibility index (Phi) is 3.85.